The Bertz CT molecular complexity index is 1000. The predicted octanol–water partition coefficient (Wildman–Crippen LogP) is 2.40. The zero-order valence-electron chi connectivity index (χ0n) is 16.6. The van der Waals surface area contributed by atoms with E-state index in [1.807, 2.05) is 42.5 Å². The SMILES string of the molecule is C#CCN1C(=O)C(Cc2ccccc2C#N)N(C)C(=O)C1(C)Cc1ccccc1. The van der Waals surface area contributed by atoms with Gasteiger partial charge in [-0.25, -0.2) is 0 Å². The highest BCUT2D eigenvalue weighted by Crippen LogP contribution is 2.31. The van der Waals surface area contributed by atoms with Crippen LogP contribution in [-0.2, 0) is 22.4 Å². The lowest BCUT2D eigenvalue weighted by Crippen LogP contribution is -2.70. The number of likely N-dealkylation sites (N-methyl/N-ethyl adjacent to an activating group) is 1. The van der Waals surface area contributed by atoms with E-state index in [-0.39, 0.29) is 24.8 Å². The van der Waals surface area contributed by atoms with Crippen molar-refractivity contribution in [1.82, 2.24) is 9.80 Å². The smallest absolute Gasteiger partial charge is 0.249 e. The van der Waals surface area contributed by atoms with E-state index < -0.39 is 11.6 Å². The van der Waals surface area contributed by atoms with E-state index >= 15 is 0 Å². The van der Waals surface area contributed by atoms with E-state index in [1.165, 1.54) is 9.80 Å². The van der Waals surface area contributed by atoms with Gasteiger partial charge in [-0.05, 0) is 24.1 Å². The number of amides is 2. The third kappa shape index (κ3) is 3.73. The normalized spacial score (nSPS) is 21.6. The molecule has 0 bridgehead atoms. The number of nitrogens with zero attached hydrogens (tertiary/aromatic N) is 3. The van der Waals surface area contributed by atoms with Gasteiger partial charge in [-0.2, -0.15) is 5.26 Å². The van der Waals surface area contributed by atoms with Crippen molar-refractivity contribution in [3.8, 4) is 18.4 Å². The molecule has 2 unspecified atom stereocenters. The number of rotatable bonds is 5. The summed E-state index contributed by atoms with van der Waals surface area (Å²) < 4.78 is 0. The van der Waals surface area contributed by atoms with Crippen LogP contribution in [0.1, 0.15) is 23.6 Å². The second-order valence-electron chi connectivity index (χ2n) is 7.47. The molecule has 2 aromatic rings. The minimum Gasteiger partial charge on any atom is -0.331 e. The molecule has 1 fully saturated rings. The molecule has 2 aromatic carbocycles. The van der Waals surface area contributed by atoms with Crippen molar-refractivity contribution >= 4 is 11.8 Å². The number of carbonyl (C=O) groups is 2. The summed E-state index contributed by atoms with van der Waals surface area (Å²) in [7, 11) is 1.65. The topological polar surface area (TPSA) is 64.4 Å². The molecule has 0 aromatic heterocycles. The average Bonchev–Trinajstić information content (AvgIpc) is 2.74. The zero-order valence-corrected chi connectivity index (χ0v) is 16.6. The lowest BCUT2D eigenvalue weighted by Gasteiger charge is -2.49. The Kier molecular flexibility index (Phi) is 5.71. The highest BCUT2D eigenvalue weighted by Gasteiger charge is 2.52. The lowest BCUT2D eigenvalue weighted by atomic mass is 9.84. The predicted molar refractivity (Wildman–Crippen MR) is 111 cm³/mol. The molecule has 0 saturated carbocycles. The minimum atomic E-state index is -1.06. The molecule has 1 heterocycles. The Labute approximate surface area is 171 Å². The van der Waals surface area contributed by atoms with Crippen LogP contribution in [-0.4, -0.2) is 46.8 Å². The van der Waals surface area contributed by atoms with Crippen LogP contribution in [0.3, 0.4) is 0 Å². The molecule has 0 radical (unpaired) electrons. The summed E-state index contributed by atoms with van der Waals surface area (Å²) in [5, 5.41) is 9.36. The van der Waals surface area contributed by atoms with Gasteiger partial charge in [0.05, 0.1) is 18.2 Å². The summed E-state index contributed by atoms with van der Waals surface area (Å²) >= 11 is 0. The van der Waals surface area contributed by atoms with Crippen LogP contribution in [0, 0.1) is 23.7 Å². The quantitative estimate of drug-likeness (QED) is 0.743. The zero-order chi connectivity index (χ0) is 21.0. The van der Waals surface area contributed by atoms with E-state index in [4.69, 9.17) is 6.42 Å². The number of hydrogen-bond acceptors (Lipinski definition) is 3. The Morgan fingerprint density at radius 1 is 1.10 bits per heavy atom. The third-order valence-corrected chi connectivity index (χ3v) is 5.59. The number of terminal acetylenes is 1. The van der Waals surface area contributed by atoms with E-state index in [0.717, 1.165) is 11.1 Å². The van der Waals surface area contributed by atoms with Crippen molar-refractivity contribution < 1.29 is 9.59 Å². The van der Waals surface area contributed by atoms with Crippen LogP contribution in [0.15, 0.2) is 54.6 Å². The number of carbonyl (C=O) groups excluding carboxylic acids is 2. The van der Waals surface area contributed by atoms with Crippen LogP contribution in [0.2, 0.25) is 0 Å². The maximum absolute atomic E-state index is 13.4. The second kappa shape index (κ2) is 8.20. The molecule has 2 atom stereocenters. The molecule has 29 heavy (non-hydrogen) atoms. The summed E-state index contributed by atoms with van der Waals surface area (Å²) in [6.45, 7) is 1.83. The van der Waals surface area contributed by atoms with Crippen molar-refractivity contribution in [3.05, 3.63) is 71.3 Å². The van der Waals surface area contributed by atoms with E-state index in [1.54, 1.807) is 26.1 Å². The molecule has 5 nitrogen and oxygen atoms in total. The first kappa shape index (κ1) is 20.2. The monoisotopic (exact) mass is 385 g/mol. The highest BCUT2D eigenvalue weighted by atomic mass is 16.2. The van der Waals surface area contributed by atoms with E-state index in [9.17, 15) is 14.9 Å². The minimum absolute atomic E-state index is 0.0537. The standard InChI is InChI=1S/C24H23N3O2/c1-4-14-27-22(28)21(15-19-12-8-9-13-20(19)17-25)26(3)23(29)24(27,2)16-18-10-6-5-7-11-18/h1,5-13,21H,14-16H2,2-3H3. The van der Waals surface area contributed by atoms with Gasteiger partial charge >= 0.3 is 0 Å². The van der Waals surface area contributed by atoms with E-state index in [0.29, 0.717) is 12.0 Å². The summed E-state index contributed by atoms with van der Waals surface area (Å²) in [6, 6.07) is 18.2. The maximum atomic E-state index is 13.4. The van der Waals surface area contributed by atoms with Gasteiger partial charge in [0, 0.05) is 19.9 Å². The number of piperazine rings is 1. The largest absolute Gasteiger partial charge is 0.331 e. The van der Waals surface area contributed by atoms with Crippen LogP contribution in [0.4, 0.5) is 0 Å². The molecule has 0 aliphatic carbocycles. The molecular weight excluding hydrogens is 362 g/mol. The van der Waals surface area contributed by atoms with Gasteiger partial charge in [0.2, 0.25) is 11.8 Å². The number of nitriles is 1. The van der Waals surface area contributed by atoms with E-state index in [2.05, 4.69) is 12.0 Å². The Hall–Kier alpha value is -3.57. The summed E-state index contributed by atoms with van der Waals surface area (Å²) in [5.74, 6) is 2.18. The summed E-state index contributed by atoms with van der Waals surface area (Å²) in [4.78, 5) is 29.9. The summed E-state index contributed by atoms with van der Waals surface area (Å²) in [5.41, 5.74) is 1.13. The van der Waals surface area contributed by atoms with Gasteiger partial charge in [0.25, 0.3) is 0 Å². The van der Waals surface area contributed by atoms with Crippen molar-refractivity contribution in [2.75, 3.05) is 13.6 Å². The molecule has 1 saturated heterocycles. The Balaban J connectivity index is 1.97. The summed E-state index contributed by atoms with van der Waals surface area (Å²) in [6.07, 6.45) is 6.20. The van der Waals surface area contributed by atoms with Crippen LogP contribution in [0.25, 0.3) is 0 Å². The molecule has 0 N–H and O–H groups in total. The van der Waals surface area contributed by atoms with Gasteiger partial charge in [0.15, 0.2) is 0 Å². The van der Waals surface area contributed by atoms with Gasteiger partial charge in [-0.15, -0.1) is 6.42 Å². The second-order valence-corrected chi connectivity index (χ2v) is 7.47. The maximum Gasteiger partial charge on any atom is 0.249 e. The highest BCUT2D eigenvalue weighted by molar-refractivity contribution is 6.00. The fourth-order valence-electron chi connectivity index (χ4n) is 3.97. The Morgan fingerprint density at radius 2 is 1.76 bits per heavy atom. The first-order valence-electron chi connectivity index (χ1n) is 9.46. The van der Waals surface area contributed by atoms with Gasteiger partial charge in [0.1, 0.15) is 11.6 Å². The molecular formula is C24H23N3O2. The van der Waals surface area contributed by atoms with Crippen molar-refractivity contribution in [3.63, 3.8) is 0 Å². The molecule has 2 amide bonds. The van der Waals surface area contributed by atoms with Crippen molar-refractivity contribution in [1.29, 1.82) is 5.26 Å². The molecule has 1 aliphatic rings. The fraction of sp³-hybridized carbons (Fsp3) is 0.292. The van der Waals surface area contributed by atoms with Gasteiger partial charge < -0.3 is 9.80 Å². The van der Waals surface area contributed by atoms with Gasteiger partial charge in [-0.1, -0.05) is 54.5 Å². The Morgan fingerprint density at radius 3 is 2.41 bits per heavy atom. The van der Waals surface area contributed by atoms with Gasteiger partial charge in [-0.3, -0.25) is 9.59 Å². The lowest BCUT2D eigenvalue weighted by molar-refractivity contribution is -0.167. The fourth-order valence-corrected chi connectivity index (χ4v) is 3.97. The van der Waals surface area contributed by atoms with Crippen molar-refractivity contribution in [2.24, 2.45) is 0 Å². The molecule has 5 heteroatoms. The number of benzene rings is 2. The average molecular weight is 385 g/mol. The molecule has 146 valence electrons. The number of hydrogen-bond donors (Lipinski definition) is 0. The molecule has 1 aliphatic heterocycles. The van der Waals surface area contributed by atoms with Crippen molar-refractivity contribution in [2.45, 2.75) is 31.3 Å². The van der Waals surface area contributed by atoms with Crippen LogP contribution < -0.4 is 0 Å². The third-order valence-electron chi connectivity index (χ3n) is 5.59. The first-order chi connectivity index (χ1) is 13.9. The molecule has 0 spiro atoms. The van der Waals surface area contributed by atoms with Crippen LogP contribution >= 0.6 is 0 Å². The molecule has 3 rings (SSSR count). The first-order valence-corrected chi connectivity index (χ1v) is 9.46. The van der Waals surface area contributed by atoms with Crippen LogP contribution in [0.5, 0.6) is 0 Å².